The molecule has 0 radical (unpaired) electrons. The van der Waals surface area contributed by atoms with Crippen LogP contribution in [0.2, 0.25) is 16.6 Å². The summed E-state index contributed by atoms with van der Waals surface area (Å²) in [5.74, 6) is 0.925. The van der Waals surface area contributed by atoms with Gasteiger partial charge < -0.3 is 8.97 Å². The fraction of sp³-hybridized carbons (Fsp3) is 0.458. The maximum atomic E-state index is 5.80. The van der Waals surface area contributed by atoms with Crippen LogP contribution in [0.3, 0.4) is 0 Å². The fourth-order valence-corrected chi connectivity index (χ4v) is 12.1. The van der Waals surface area contributed by atoms with E-state index in [0.29, 0.717) is 16.6 Å². The van der Waals surface area contributed by atoms with Gasteiger partial charge in [-0.05, 0) is 53.4 Å². The second-order valence-corrected chi connectivity index (χ2v) is 14.6. The predicted octanol–water partition coefficient (Wildman–Crippen LogP) is 7.04. The Morgan fingerprint density at radius 2 is 1.61 bits per heavy atom. The lowest BCUT2D eigenvalue weighted by molar-refractivity contribution is 0.420. The molecule has 0 spiro atoms. The number of ether oxygens (including phenoxy) is 1. The van der Waals surface area contributed by atoms with Crippen molar-refractivity contribution in [2.45, 2.75) is 65.1 Å². The van der Waals surface area contributed by atoms with Crippen molar-refractivity contribution in [2.24, 2.45) is 0 Å². The van der Waals surface area contributed by atoms with Crippen LogP contribution >= 0.6 is 0 Å². The third-order valence-corrected chi connectivity index (χ3v) is 13.1. The molecule has 1 aromatic carbocycles. The van der Waals surface area contributed by atoms with Crippen molar-refractivity contribution in [3.05, 3.63) is 48.3 Å². The summed E-state index contributed by atoms with van der Waals surface area (Å²) in [7, 11) is -0.135. The monoisotopic (exact) mass is 394 g/mol. The third kappa shape index (κ3) is 3.08. The van der Waals surface area contributed by atoms with Crippen LogP contribution in [0.25, 0.3) is 22.2 Å². The Hall–Kier alpha value is -2.07. The minimum absolute atomic E-state index is 0.618. The van der Waals surface area contributed by atoms with Gasteiger partial charge in [0.2, 0.25) is 0 Å². The Balaban J connectivity index is 2.46. The maximum absolute atomic E-state index is 5.80. The van der Waals surface area contributed by atoms with Crippen LogP contribution in [-0.2, 0) is 0 Å². The number of rotatable bonds is 6. The first-order valence-electron chi connectivity index (χ1n) is 10.4. The van der Waals surface area contributed by atoms with E-state index in [9.17, 15) is 0 Å². The lowest BCUT2D eigenvalue weighted by Crippen LogP contribution is -2.51. The molecule has 2 aromatic heterocycles. The number of hydrogen-bond acceptors (Lipinski definition) is 2. The maximum Gasteiger partial charge on any atom is 0.169 e. The van der Waals surface area contributed by atoms with E-state index < -0.39 is 8.24 Å². The van der Waals surface area contributed by atoms with Crippen molar-refractivity contribution >= 4 is 19.1 Å². The van der Waals surface area contributed by atoms with Crippen molar-refractivity contribution in [1.29, 1.82) is 0 Å². The Morgan fingerprint density at radius 3 is 2.14 bits per heavy atom. The molecule has 150 valence electrons. The summed E-state index contributed by atoms with van der Waals surface area (Å²) in [6.45, 7) is 16.6. The molecule has 3 rings (SSSR count). The fourth-order valence-electron chi connectivity index (χ4n) is 5.46. The van der Waals surface area contributed by atoms with Gasteiger partial charge in [0.1, 0.15) is 5.75 Å². The summed E-state index contributed by atoms with van der Waals surface area (Å²) in [5, 5.41) is 1.18. The lowest BCUT2D eigenvalue weighted by atomic mass is 10.1. The zero-order chi connectivity index (χ0) is 20.6. The minimum atomic E-state index is -1.90. The molecule has 2 heterocycles. The summed E-state index contributed by atoms with van der Waals surface area (Å²) < 4.78 is 8.46. The molecule has 0 N–H and O–H groups in total. The van der Waals surface area contributed by atoms with Gasteiger partial charge in [-0.15, -0.1) is 0 Å². The molecule has 0 atom stereocenters. The highest BCUT2D eigenvalue weighted by atomic mass is 28.3. The molecule has 4 heteroatoms. The summed E-state index contributed by atoms with van der Waals surface area (Å²) in [6.07, 6.45) is 4.28. The molecular weight excluding hydrogens is 360 g/mol. The number of pyridine rings is 1. The first kappa shape index (κ1) is 20.7. The number of benzene rings is 1. The molecule has 3 aromatic rings. The quantitative estimate of drug-likeness (QED) is 0.419. The SMILES string of the molecule is COc1cccc2c1c(-c1cc(C)ccn1)cn2[Si](C(C)C)(C(C)C)C(C)C. The van der Waals surface area contributed by atoms with E-state index in [2.05, 4.69) is 89.2 Å². The van der Waals surface area contributed by atoms with Gasteiger partial charge in [0.15, 0.2) is 8.24 Å². The number of aromatic nitrogens is 2. The summed E-state index contributed by atoms with van der Waals surface area (Å²) in [6, 6.07) is 10.7. The standard InChI is InChI=1S/C24H34N2OSi/c1-16(2)28(17(3)4,18(5)6)26-15-20(21-14-19(7)12-13-25-21)24-22(26)10-9-11-23(24)27-8/h9-18H,1-8H3. The Bertz CT molecular complexity index is 950. The highest BCUT2D eigenvalue weighted by Crippen LogP contribution is 2.47. The van der Waals surface area contributed by atoms with Gasteiger partial charge in [-0.2, -0.15) is 0 Å². The number of hydrogen-bond donors (Lipinski definition) is 0. The van der Waals surface area contributed by atoms with E-state index >= 15 is 0 Å². The molecule has 0 aliphatic rings. The van der Waals surface area contributed by atoms with Crippen LogP contribution in [0, 0.1) is 6.92 Å². The molecule has 0 aliphatic heterocycles. The van der Waals surface area contributed by atoms with Crippen LogP contribution < -0.4 is 4.74 Å². The Labute approximate surface area is 170 Å². The van der Waals surface area contributed by atoms with E-state index in [-0.39, 0.29) is 0 Å². The molecule has 0 saturated heterocycles. The van der Waals surface area contributed by atoms with Gasteiger partial charge in [0.25, 0.3) is 0 Å². The van der Waals surface area contributed by atoms with Crippen LogP contribution in [0.5, 0.6) is 5.75 Å². The van der Waals surface area contributed by atoms with Crippen molar-refractivity contribution < 1.29 is 4.74 Å². The normalized spacial score (nSPS) is 12.5. The van der Waals surface area contributed by atoms with E-state index in [1.165, 1.54) is 22.0 Å². The van der Waals surface area contributed by atoms with Gasteiger partial charge in [0.05, 0.1) is 18.2 Å². The van der Waals surface area contributed by atoms with Crippen molar-refractivity contribution in [3.63, 3.8) is 0 Å². The lowest BCUT2D eigenvalue weighted by Gasteiger charge is -2.44. The summed E-state index contributed by atoms with van der Waals surface area (Å²) in [4.78, 5) is 4.71. The number of aryl methyl sites for hydroxylation is 1. The van der Waals surface area contributed by atoms with E-state index in [1.54, 1.807) is 7.11 Å². The minimum Gasteiger partial charge on any atom is -0.496 e. The molecule has 0 amide bonds. The highest BCUT2D eigenvalue weighted by Gasteiger charge is 2.46. The van der Waals surface area contributed by atoms with E-state index in [1.807, 2.05) is 6.20 Å². The average Bonchev–Trinajstić information content (AvgIpc) is 3.01. The number of methoxy groups -OCH3 is 1. The van der Waals surface area contributed by atoms with E-state index in [0.717, 1.165) is 11.4 Å². The van der Waals surface area contributed by atoms with Crippen LogP contribution in [0.4, 0.5) is 0 Å². The second kappa shape index (κ2) is 7.74. The third-order valence-electron chi connectivity index (χ3n) is 6.39. The van der Waals surface area contributed by atoms with Crippen molar-refractivity contribution in [3.8, 4) is 17.0 Å². The molecule has 0 aliphatic carbocycles. The average molecular weight is 395 g/mol. The van der Waals surface area contributed by atoms with Crippen molar-refractivity contribution in [1.82, 2.24) is 9.22 Å². The molecular formula is C24H34N2OSi. The predicted molar refractivity (Wildman–Crippen MR) is 123 cm³/mol. The zero-order valence-corrected chi connectivity index (χ0v) is 19.6. The summed E-state index contributed by atoms with van der Waals surface area (Å²) in [5.41, 5.74) is 6.55. The van der Waals surface area contributed by atoms with Gasteiger partial charge in [-0.3, -0.25) is 4.98 Å². The largest absolute Gasteiger partial charge is 0.496 e. The van der Waals surface area contributed by atoms with Crippen LogP contribution in [0.15, 0.2) is 42.7 Å². The van der Waals surface area contributed by atoms with E-state index in [4.69, 9.17) is 9.72 Å². The first-order valence-corrected chi connectivity index (χ1v) is 12.5. The number of fused-ring (bicyclic) bond motifs is 1. The smallest absolute Gasteiger partial charge is 0.169 e. The molecule has 28 heavy (non-hydrogen) atoms. The van der Waals surface area contributed by atoms with Gasteiger partial charge in [-0.1, -0.05) is 47.6 Å². The zero-order valence-electron chi connectivity index (χ0n) is 18.6. The Morgan fingerprint density at radius 1 is 0.964 bits per heavy atom. The molecule has 0 fully saturated rings. The highest BCUT2D eigenvalue weighted by molar-refractivity contribution is 6.82. The number of nitrogens with zero attached hydrogens (tertiary/aromatic N) is 2. The van der Waals surface area contributed by atoms with Crippen molar-refractivity contribution in [2.75, 3.05) is 7.11 Å². The molecule has 0 bridgehead atoms. The second-order valence-electron chi connectivity index (χ2n) is 8.84. The van der Waals surface area contributed by atoms with Crippen LogP contribution in [-0.4, -0.2) is 24.6 Å². The molecule has 0 unspecified atom stereocenters. The molecule has 0 saturated carbocycles. The van der Waals surface area contributed by atoms with Crippen LogP contribution in [0.1, 0.15) is 47.1 Å². The Kier molecular flexibility index (Phi) is 5.71. The summed E-state index contributed by atoms with van der Waals surface area (Å²) >= 11 is 0. The van der Waals surface area contributed by atoms with Gasteiger partial charge >= 0.3 is 0 Å². The van der Waals surface area contributed by atoms with Gasteiger partial charge in [0, 0.05) is 23.5 Å². The van der Waals surface area contributed by atoms with Gasteiger partial charge in [-0.25, -0.2) is 0 Å². The topological polar surface area (TPSA) is 27.1 Å². The first-order chi connectivity index (χ1) is 13.2. The molecule has 3 nitrogen and oxygen atoms in total.